The van der Waals surface area contributed by atoms with Crippen molar-refractivity contribution in [2.75, 3.05) is 48.0 Å². The monoisotopic (exact) mass is 330 g/mol. The lowest BCUT2D eigenvalue weighted by Crippen LogP contribution is -2.33. The number of aliphatic hydroxyl groups excluding tert-OH is 1. The number of rotatable bonds is 6. The Balaban J connectivity index is 1.63. The van der Waals surface area contributed by atoms with Crippen LogP contribution in [0.3, 0.4) is 0 Å². The van der Waals surface area contributed by atoms with Gasteiger partial charge >= 0.3 is 0 Å². The molecule has 1 aromatic heterocycles. The maximum atomic E-state index is 9.63. The molecule has 122 valence electrons. The first-order chi connectivity index (χ1) is 11.4. The third-order valence-corrected chi connectivity index (χ3v) is 4.95. The van der Waals surface area contributed by atoms with Gasteiger partial charge in [-0.2, -0.15) is 11.8 Å². The van der Waals surface area contributed by atoms with Crippen LogP contribution in [0.5, 0.6) is 0 Å². The van der Waals surface area contributed by atoms with E-state index in [-0.39, 0.29) is 12.5 Å². The highest BCUT2D eigenvalue weighted by Gasteiger charge is 2.14. The van der Waals surface area contributed by atoms with E-state index in [1.165, 1.54) is 0 Å². The predicted molar refractivity (Wildman–Crippen MR) is 96.3 cm³/mol. The molecule has 0 spiro atoms. The van der Waals surface area contributed by atoms with Crippen LogP contribution in [0.1, 0.15) is 11.5 Å². The summed E-state index contributed by atoms with van der Waals surface area (Å²) in [5, 5.41) is 13.0. The molecule has 0 bridgehead atoms. The fourth-order valence-corrected chi connectivity index (χ4v) is 3.55. The molecule has 1 unspecified atom stereocenters. The van der Waals surface area contributed by atoms with Crippen molar-refractivity contribution < 1.29 is 5.11 Å². The standard InChI is InChI=1S/C17H22N4OS/c22-12-15(14-4-2-1-3-5-14)11-18-16-10-17(20-13-19-16)21-6-8-23-9-7-21/h1-5,10,13,15,22H,6-9,11-12H2,(H,18,19,20). The zero-order chi connectivity index (χ0) is 15.9. The van der Waals surface area contributed by atoms with Crippen molar-refractivity contribution in [1.29, 1.82) is 0 Å². The minimum Gasteiger partial charge on any atom is -0.396 e. The van der Waals surface area contributed by atoms with Gasteiger partial charge in [-0.25, -0.2) is 9.97 Å². The first-order valence-corrected chi connectivity index (χ1v) is 9.06. The molecule has 0 radical (unpaired) electrons. The zero-order valence-electron chi connectivity index (χ0n) is 13.1. The van der Waals surface area contributed by atoms with Gasteiger partial charge in [0.2, 0.25) is 0 Å². The third-order valence-electron chi connectivity index (χ3n) is 4.01. The smallest absolute Gasteiger partial charge is 0.134 e. The van der Waals surface area contributed by atoms with Crippen LogP contribution in [0.4, 0.5) is 11.6 Å². The Morgan fingerprint density at radius 3 is 2.70 bits per heavy atom. The SMILES string of the molecule is OCC(CNc1cc(N2CCSCC2)ncn1)c1ccccc1. The molecule has 5 nitrogen and oxygen atoms in total. The van der Waals surface area contributed by atoms with Gasteiger partial charge in [0.1, 0.15) is 18.0 Å². The fourth-order valence-electron chi connectivity index (χ4n) is 2.65. The van der Waals surface area contributed by atoms with E-state index in [0.29, 0.717) is 6.54 Å². The highest BCUT2D eigenvalue weighted by molar-refractivity contribution is 7.99. The first-order valence-electron chi connectivity index (χ1n) is 7.91. The summed E-state index contributed by atoms with van der Waals surface area (Å²) in [7, 11) is 0. The topological polar surface area (TPSA) is 61.3 Å². The Labute approximate surface area is 141 Å². The normalized spacial score (nSPS) is 16.1. The van der Waals surface area contributed by atoms with Gasteiger partial charge in [0, 0.05) is 43.1 Å². The van der Waals surface area contributed by atoms with E-state index in [1.807, 2.05) is 48.2 Å². The molecule has 6 heteroatoms. The summed E-state index contributed by atoms with van der Waals surface area (Å²) >= 11 is 1.98. The van der Waals surface area contributed by atoms with E-state index >= 15 is 0 Å². The Bertz CT molecular complexity index is 605. The van der Waals surface area contributed by atoms with Gasteiger partial charge in [0.05, 0.1) is 6.61 Å². The molecule has 1 aliphatic rings. The molecular formula is C17H22N4OS. The first kappa shape index (κ1) is 16.1. The summed E-state index contributed by atoms with van der Waals surface area (Å²) in [6.07, 6.45) is 1.61. The van der Waals surface area contributed by atoms with Gasteiger partial charge in [-0.3, -0.25) is 0 Å². The van der Waals surface area contributed by atoms with Crippen LogP contribution in [0.2, 0.25) is 0 Å². The van der Waals surface area contributed by atoms with E-state index in [0.717, 1.165) is 41.8 Å². The lowest BCUT2D eigenvalue weighted by molar-refractivity contribution is 0.270. The molecule has 1 fully saturated rings. The van der Waals surface area contributed by atoms with Crippen molar-refractivity contribution in [1.82, 2.24) is 9.97 Å². The molecular weight excluding hydrogens is 308 g/mol. The average Bonchev–Trinajstić information content (AvgIpc) is 2.64. The molecule has 2 aromatic rings. The van der Waals surface area contributed by atoms with E-state index in [4.69, 9.17) is 0 Å². The summed E-state index contributed by atoms with van der Waals surface area (Å²) in [5.41, 5.74) is 1.13. The highest BCUT2D eigenvalue weighted by atomic mass is 32.2. The highest BCUT2D eigenvalue weighted by Crippen LogP contribution is 2.20. The summed E-state index contributed by atoms with van der Waals surface area (Å²) in [6.45, 7) is 2.82. The summed E-state index contributed by atoms with van der Waals surface area (Å²) < 4.78 is 0. The molecule has 1 saturated heterocycles. The number of benzene rings is 1. The van der Waals surface area contributed by atoms with Gasteiger partial charge in [0.15, 0.2) is 0 Å². The molecule has 0 amide bonds. The van der Waals surface area contributed by atoms with Crippen molar-refractivity contribution in [2.24, 2.45) is 0 Å². The number of nitrogens with zero attached hydrogens (tertiary/aromatic N) is 3. The maximum Gasteiger partial charge on any atom is 0.134 e. The van der Waals surface area contributed by atoms with Gasteiger partial charge in [0.25, 0.3) is 0 Å². The van der Waals surface area contributed by atoms with Crippen LogP contribution >= 0.6 is 11.8 Å². The van der Waals surface area contributed by atoms with Crippen LogP contribution in [0.25, 0.3) is 0 Å². The van der Waals surface area contributed by atoms with Crippen LogP contribution < -0.4 is 10.2 Å². The Kier molecular flexibility index (Phi) is 5.71. The van der Waals surface area contributed by atoms with E-state index < -0.39 is 0 Å². The largest absolute Gasteiger partial charge is 0.396 e. The number of hydrogen-bond donors (Lipinski definition) is 2. The third kappa shape index (κ3) is 4.36. The minimum absolute atomic E-state index is 0.0565. The number of nitrogens with one attached hydrogen (secondary N) is 1. The van der Waals surface area contributed by atoms with Gasteiger partial charge in [-0.1, -0.05) is 30.3 Å². The number of thioether (sulfide) groups is 1. The second-order valence-corrected chi connectivity index (χ2v) is 6.76. The molecule has 1 aliphatic heterocycles. The Morgan fingerprint density at radius 2 is 1.96 bits per heavy atom. The van der Waals surface area contributed by atoms with Crippen molar-refractivity contribution in [2.45, 2.75) is 5.92 Å². The van der Waals surface area contributed by atoms with Crippen molar-refractivity contribution in [3.8, 4) is 0 Å². The summed E-state index contributed by atoms with van der Waals surface area (Å²) in [4.78, 5) is 11.0. The quantitative estimate of drug-likeness (QED) is 0.847. The average molecular weight is 330 g/mol. The molecule has 3 rings (SSSR count). The van der Waals surface area contributed by atoms with Crippen LogP contribution in [-0.2, 0) is 0 Å². The molecule has 2 N–H and O–H groups in total. The van der Waals surface area contributed by atoms with Crippen molar-refractivity contribution >= 4 is 23.4 Å². The maximum absolute atomic E-state index is 9.63. The van der Waals surface area contributed by atoms with Crippen LogP contribution in [-0.4, -0.2) is 52.8 Å². The lowest BCUT2D eigenvalue weighted by Gasteiger charge is -2.27. The van der Waals surface area contributed by atoms with E-state index in [9.17, 15) is 5.11 Å². The van der Waals surface area contributed by atoms with E-state index in [2.05, 4.69) is 20.2 Å². The van der Waals surface area contributed by atoms with Crippen molar-refractivity contribution in [3.63, 3.8) is 0 Å². The molecule has 23 heavy (non-hydrogen) atoms. The lowest BCUT2D eigenvalue weighted by atomic mass is 10.0. The minimum atomic E-state index is 0.0565. The fraction of sp³-hybridized carbons (Fsp3) is 0.412. The van der Waals surface area contributed by atoms with Gasteiger partial charge in [-0.05, 0) is 5.56 Å². The van der Waals surface area contributed by atoms with Gasteiger partial charge < -0.3 is 15.3 Å². The molecule has 0 aliphatic carbocycles. The number of aliphatic hydroxyl groups is 1. The molecule has 1 aromatic carbocycles. The second-order valence-electron chi connectivity index (χ2n) is 5.53. The second kappa shape index (κ2) is 8.17. The summed E-state index contributed by atoms with van der Waals surface area (Å²) in [5.74, 6) is 4.13. The van der Waals surface area contributed by atoms with Gasteiger partial charge in [-0.15, -0.1) is 0 Å². The number of anilines is 2. The van der Waals surface area contributed by atoms with E-state index in [1.54, 1.807) is 6.33 Å². The number of aromatic nitrogens is 2. The summed E-state index contributed by atoms with van der Waals surface area (Å²) in [6, 6.07) is 12.1. The Morgan fingerprint density at radius 1 is 1.17 bits per heavy atom. The van der Waals surface area contributed by atoms with Crippen molar-refractivity contribution in [3.05, 3.63) is 48.3 Å². The number of hydrogen-bond acceptors (Lipinski definition) is 6. The van der Waals surface area contributed by atoms with Crippen LogP contribution in [0, 0.1) is 0 Å². The zero-order valence-corrected chi connectivity index (χ0v) is 13.9. The predicted octanol–water partition coefficient (Wildman–Crippen LogP) is 2.22. The Hall–Kier alpha value is -1.79. The molecule has 1 atom stereocenters. The molecule has 0 saturated carbocycles. The molecule has 2 heterocycles. The van der Waals surface area contributed by atoms with Crippen LogP contribution in [0.15, 0.2) is 42.7 Å².